The minimum Gasteiger partial charge on any atom is -0.346 e. The molecule has 0 unspecified atom stereocenters. The molecule has 1 atom stereocenters. The number of nitriles is 1. The molecule has 8 heteroatoms. The minimum atomic E-state index is -0.809. The predicted octanol–water partition coefficient (Wildman–Crippen LogP) is -0.180. The number of hydrogen-bond acceptors (Lipinski definition) is 5. The molecule has 0 aliphatic carbocycles. The summed E-state index contributed by atoms with van der Waals surface area (Å²) in [6.45, 7) is 4.50. The summed E-state index contributed by atoms with van der Waals surface area (Å²) in [5.41, 5.74) is 0.184. The average molecular weight is 290 g/mol. The van der Waals surface area contributed by atoms with E-state index in [2.05, 4.69) is 32.7 Å². The molecule has 1 saturated heterocycles. The second kappa shape index (κ2) is 6.85. The Morgan fingerprint density at radius 2 is 2.38 bits per heavy atom. The zero-order chi connectivity index (χ0) is 15.2. The van der Waals surface area contributed by atoms with Crippen molar-refractivity contribution >= 4 is 17.6 Å². The molecule has 2 heterocycles. The lowest BCUT2D eigenvalue weighted by atomic mass is 10.2. The van der Waals surface area contributed by atoms with Crippen LogP contribution in [0.4, 0.5) is 5.82 Å². The van der Waals surface area contributed by atoms with Crippen LogP contribution in [0.3, 0.4) is 0 Å². The van der Waals surface area contributed by atoms with E-state index in [9.17, 15) is 9.59 Å². The van der Waals surface area contributed by atoms with Crippen LogP contribution >= 0.6 is 0 Å². The summed E-state index contributed by atoms with van der Waals surface area (Å²) in [5, 5.41) is 19.9. The fourth-order valence-electron chi connectivity index (χ4n) is 2.47. The first-order chi connectivity index (χ1) is 10.2. The molecule has 0 bridgehead atoms. The Bertz CT molecular complexity index is 561. The summed E-state index contributed by atoms with van der Waals surface area (Å²) in [7, 11) is 0. The number of amides is 2. The summed E-state index contributed by atoms with van der Waals surface area (Å²) in [6.07, 6.45) is 3.42. The Morgan fingerprint density at radius 1 is 1.57 bits per heavy atom. The Kier molecular flexibility index (Phi) is 4.90. The highest BCUT2D eigenvalue weighted by Gasteiger charge is 2.24. The maximum Gasteiger partial charge on any atom is 0.314 e. The highest BCUT2D eigenvalue weighted by atomic mass is 16.2. The number of hydrogen-bond donors (Lipinski definition) is 3. The molecule has 1 aliphatic rings. The number of rotatable bonds is 4. The summed E-state index contributed by atoms with van der Waals surface area (Å²) < 4.78 is 0. The third kappa shape index (κ3) is 3.58. The van der Waals surface area contributed by atoms with Crippen molar-refractivity contribution in [3.63, 3.8) is 0 Å². The molecule has 2 amide bonds. The number of nitrogens with zero attached hydrogens (tertiary/aromatic N) is 3. The standard InChI is InChI=1S/C13H18N6O2/c1-2-19-5-3-4-10(19)8-15-12(20)13(21)17-11-9(6-14)7-16-18-11/h7,10H,2-5,8H2,1H3,(H,15,20)(H2,16,17,18,21)/t10-/m0/s1. The summed E-state index contributed by atoms with van der Waals surface area (Å²) in [5.74, 6) is -1.39. The van der Waals surface area contributed by atoms with Crippen LogP contribution in [0.25, 0.3) is 0 Å². The molecule has 21 heavy (non-hydrogen) atoms. The van der Waals surface area contributed by atoms with Gasteiger partial charge < -0.3 is 10.6 Å². The SMILES string of the molecule is CCN1CCC[C@H]1CNC(=O)C(=O)Nc1[nH]ncc1C#N. The maximum atomic E-state index is 11.8. The van der Waals surface area contributed by atoms with E-state index >= 15 is 0 Å². The predicted molar refractivity (Wildman–Crippen MR) is 75.2 cm³/mol. The lowest BCUT2D eigenvalue weighted by Gasteiger charge is -2.22. The molecule has 0 saturated carbocycles. The van der Waals surface area contributed by atoms with Crippen LogP contribution in [0.15, 0.2) is 6.20 Å². The minimum absolute atomic E-state index is 0.133. The lowest BCUT2D eigenvalue weighted by molar-refractivity contribution is -0.136. The van der Waals surface area contributed by atoms with Crippen molar-refractivity contribution in [1.82, 2.24) is 20.4 Å². The number of carbonyl (C=O) groups excluding carboxylic acids is 2. The molecule has 0 radical (unpaired) electrons. The molecule has 1 aromatic heterocycles. The fraction of sp³-hybridized carbons (Fsp3) is 0.538. The van der Waals surface area contributed by atoms with Crippen molar-refractivity contribution in [2.24, 2.45) is 0 Å². The van der Waals surface area contributed by atoms with Gasteiger partial charge in [0.25, 0.3) is 0 Å². The number of anilines is 1. The van der Waals surface area contributed by atoms with E-state index in [1.807, 2.05) is 6.07 Å². The van der Waals surface area contributed by atoms with E-state index in [4.69, 9.17) is 5.26 Å². The molecule has 1 aromatic rings. The zero-order valence-electron chi connectivity index (χ0n) is 11.8. The molecule has 112 valence electrons. The summed E-state index contributed by atoms with van der Waals surface area (Å²) >= 11 is 0. The van der Waals surface area contributed by atoms with E-state index in [1.54, 1.807) is 0 Å². The molecule has 8 nitrogen and oxygen atoms in total. The second-order valence-corrected chi connectivity index (χ2v) is 4.86. The molecular weight excluding hydrogens is 272 g/mol. The largest absolute Gasteiger partial charge is 0.346 e. The van der Waals surface area contributed by atoms with Crippen LogP contribution in [-0.4, -0.2) is 52.6 Å². The average Bonchev–Trinajstić information content (AvgIpc) is 3.12. The molecule has 0 spiro atoms. The Hall–Kier alpha value is -2.40. The number of nitrogens with one attached hydrogen (secondary N) is 3. The number of likely N-dealkylation sites (N-methyl/N-ethyl adjacent to an activating group) is 1. The normalized spacial score (nSPS) is 18.2. The first-order valence-corrected chi connectivity index (χ1v) is 6.92. The van der Waals surface area contributed by atoms with Gasteiger partial charge >= 0.3 is 11.8 Å². The molecule has 0 aromatic carbocycles. The van der Waals surface area contributed by atoms with Gasteiger partial charge in [0.1, 0.15) is 17.5 Å². The Balaban J connectivity index is 1.83. The molecule has 1 fully saturated rings. The third-order valence-corrected chi connectivity index (χ3v) is 3.61. The van der Waals surface area contributed by atoms with E-state index in [1.165, 1.54) is 6.20 Å². The van der Waals surface area contributed by atoms with Gasteiger partial charge in [-0.25, -0.2) is 0 Å². The monoisotopic (exact) mass is 290 g/mol. The van der Waals surface area contributed by atoms with Gasteiger partial charge in [-0.1, -0.05) is 6.92 Å². The van der Waals surface area contributed by atoms with Gasteiger partial charge in [-0.3, -0.25) is 19.6 Å². The summed E-state index contributed by atoms with van der Waals surface area (Å²) in [6, 6.07) is 2.15. The number of H-pyrrole nitrogens is 1. The van der Waals surface area contributed by atoms with Gasteiger partial charge in [-0.15, -0.1) is 0 Å². The zero-order valence-corrected chi connectivity index (χ0v) is 11.8. The lowest BCUT2D eigenvalue weighted by Crippen LogP contribution is -2.43. The fourth-order valence-corrected chi connectivity index (χ4v) is 2.47. The van der Waals surface area contributed by atoms with Crippen LogP contribution in [0, 0.1) is 11.3 Å². The van der Waals surface area contributed by atoms with E-state index in [-0.39, 0.29) is 17.4 Å². The second-order valence-electron chi connectivity index (χ2n) is 4.86. The van der Waals surface area contributed by atoms with Gasteiger partial charge in [0, 0.05) is 12.6 Å². The number of carbonyl (C=O) groups is 2. The van der Waals surface area contributed by atoms with E-state index < -0.39 is 11.8 Å². The van der Waals surface area contributed by atoms with Crippen LogP contribution in [0.5, 0.6) is 0 Å². The summed E-state index contributed by atoms with van der Waals surface area (Å²) in [4.78, 5) is 25.8. The van der Waals surface area contributed by atoms with Crippen molar-refractivity contribution < 1.29 is 9.59 Å². The molecule has 3 N–H and O–H groups in total. The van der Waals surface area contributed by atoms with Gasteiger partial charge in [0.2, 0.25) is 0 Å². The molecule has 2 rings (SSSR count). The maximum absolute atomic E-state index is 11.8. The third-order valence-electron chi connectivity index (χ3n) is 3.61. The first-order valence-electron chi connectivity index (χ1n) is 6.92. The number of likely N-dealkylation sites (tertiary alicyclic amines) is 1. The topological polar surface area (TPSA) is 114 Å². The van der Waals surface area contributed by atoms with Crippen molar-refractivity contribution in [2.75, 3.05) is 25.0 Å². The van der Waals surface area contributed by atoms with Gasteiger partial charge in [-0.05, 0) is 25.9 Å². The van der Waals surface area contributed by atoms with Crippen molar-refractivity contribution in [3.05, 3.63) is 11.8 Å². The number of aromatic nitrogens is 2. The van der Waals surface area contributed by atoms with Gasteiger partial charge in [0.05, 0.1) is 6.20 Å². The highest BCUT2D eigenvalue weighted by molar-refractivity contribution is 6.39. The Labute approximate surface area is 122 Å². The van der Waals surface area contributed by atoms with Crippen LogP contribution in [0.1, 0.15) is 25.3 Å². The van der Waals surface area contributed by atoms with Gasteiger partial charge in [-0.2, -0.15) is 10.4 Å². The number of aromatic amines is 1. The van der Waals surface area contributed by atoms with Crippen molar-refractivity contribution in [2.45, 2.75) is 25.8 Å². The van der Waals surface area contributed by atoms with Crippen molar-refractivity contribution in [1.29, 1.82) is 5.26 Å². The van der Waals surface area contributed by atoms with Crippen LogP contribution in [0.2, 0.25) is 0 Å². The van der Waals surface area contributed by atoms with Crippen molar-refractivity contribution in [3.8, 4) is 6.07 Å². The van der Waals surface area contributed by atoms with E-state index in [0.717, 1.165) is 25.9 Å². The van der Waals surface area contributed by atoms with Gasteiger partial charge in [0.15, 0.2) is 0 Å². The van der Waals surface area contributed by atoms with Crippen LogP contribution < -0.4 is 10.6 Å². The highest BCUT2D eigenvalue weighted by Crippen LogP contribution is 2.15. The first kappa shape index (κ1) is 15.0. The van der Waals surface area contributed by atoms with E-state index in [0.29, 0.717) is 6.54 Å². The molecular formula is C13H18N6O2. The quantitative estimate of drug-likeness (QED) is 0.666. The van der Waals surface area contributed by atoms with Crippen LogP contribution in [-0.2, 0) is 9.59 Å². The Morgan fingerprint density at radius 3 is 3.10 bits per heavy atom. The molecule has 1 aliphatic heterocycles. The smallest absolute Gasteiger partial charge is 0.314 e.